The minimum absolute atomic E-state index is 0.122. The molecule has 0 aliphatic heterocycles. The third kappa shape index (κ3) is 5.03. The summed E-state index contributed by atoms with van der Waals surface area (Å²) < 4.78 is 5.20. The van der Waals surface area contributed by atoms with Crippen LogP contribution in [0.1, 0.15) is 45.6 Å². The molecule has 0 radical (unpaired) electrons. The molecule has 0 spiro atoms. The van der Waals surface area contributed by atoms with Gasteiger partial charge in [-0.3, -0.25) is 9.59 Å². The van der Waals surface area contributed by atoms with Crippen molar-refractivity contribution in [1.82, 2.24) is 0 Å². The lowest BCUT2D eigenvalue weighted by Gasteiger charge is -2.23. The number of rotatable bonds is 5. The molecule has 2 atom stereocenters. The smallest absolute Gasteiger partial charge is 0.307 e. The SMILES string of the molecule is CC(c1ccccc1)C(CC(=O)OC(C)(C)C)C(=O)O. The van der Waals surface area contributed by atoms with Gasteiger partial charge in [0.1, 0.15) is 5.60 Å². The van der Waals surface area contributed by atoms with E-state index >= 15 is 0 Å². The van der Waals surface area contributed by atoms with Crippen molar-refractivity contribution in [2.75, 3.05) is 0 Å². The van der Waals surface area contributed by atoms with Gasteiger partial charge in [-0.2, -0.15) is 0 Å². The Balaban J connectivity index is 2.80. The predicted octanol–water partition coefficient (Wildman–Crippen LogP) is 3.22. The lowest BCUT2D eigenvalue weighted by molar-refractivity contribution is -0.160. The van der Waals surface area contributed by atoms with Gasteiger partial charge in [0.05, 0.1) is 12.3 Å². The van der Waals surface area contributed by atoms with Crippen molar-refractivity contribution in [3.05, 3.63) is 35.9 Å². The molecule has 4 nitrogen and oxygen atoms in total. The largest absolute Gasteiger partial charge is 0.481 e. The van der Waals surface area contributed by atoms with Crippen LogP contribution in [0.15, 0.2) is 30.3 Å². The number of esters is 1. The van der Waals surface area contributed by atoms with Gasteiger partial charge in [0.25, 0.3) is 0 Å². The zero-order valence-corrected chi connectivity index (χ0v) is 12.4. The maximum atomic E-state index is 11.8. The molecule has 0 aliphatic rings. The summed E-state index contributed by atoms with van der Waals surface area (Å²) in [4.78, 5) is 23.2. The lowest BCUT2D eigenvalue weighted by Crippen LogP contribution is -2.29. The Hall–Kier alpha value is -1.84. The van der Waals surface area contributed by atoms with E-state index in [-0.39, 0.29) is 12.3 Å². The number of aliphatic carboxylic acids is 1. The molecule has 1 aromatic rings. The van der Waals surface area contributed by atoms with Crippen molar-refractivity contribution in [3.8, 4) is 0 Å². The van der Waals surface area contributed by atoms with E-state index in [1.165, 1.54) is 0 Å². The van der Waals surface area contributed by atoms with E-state index in [1.54, 1.807) is 20.8 Å². The molecule has 0 saturated carbocycles. The number of carbonyl (C=O) groups excluding carboxylic acids is 1. The van der Waals surface area contributed by atoms with Crippen molar-refractivity contribution in [3.63, 3.8) is 0 Å². The fraction of sp³-hybridized carbons (Fsp3) is 0.500. The standard InChI is InChI=1S/C16H22O4/c1-11(12-8-6-5-7-9-12)13(15(18)19)10-14(17)20-16(2,3)4/h5-9,11,13H,10H2,1-4H3,(H,18,19). The number of carboxylic acid groups (broad SMARTS) is 1. The van der Waals surface area contributed by atoms with Crippen LogP contribution in [-0.2, 0) is 14.3 Å². The molecule has 1 N–H and O–H groups in total. The number of ether oxygens (including phenoxy) is 1. The molecule has 4 heteroatoms. The van der Waals surface area contributed by atoms with Crippen LogP contribution >= 0.6 is 0 Å². The Morgan fingerprint density at radius 2 is 1.75 bits per heavy atom. The topological polar surface area (TPSA) is 63.6 Å². The van der Waals surface area contributed by atoms with Gasteiger partial charge in [-0.25, -0.2) is 0 Å². The summed E-state index contributed by atoms with van der Waals surface area (Å²) in [5.41, 5.74) is 0.305. The molecule has 20 heavy (non-hydrogen) atoms. The summed E-state index contributed by atoms with van der Waals surface area (Å²) in [5.74, 6) is -2.49. The maximum absolute atomic E-state index is 11.8. The molecule has 0 amide bonds. The summed E-state index contributed by atoms with van der Waals surface area (Å²) >= 11 is 0. The van der Waals surface area contributed by atoms with Gasteiger partial charge in [0.2, 0.25) is 0 Å². The molecular weight excluding hydrogens is 256 g/mol. The van der Waals surface area contributed by atoms with Crippen LogP contribution in [0.3, 0.4) is 0 Å². The van der Waals surface area contributed by atoms with Gasteiger partial charge in [0.15, 0.2) is 0 Å². The van der Waals surface area contributed by atoms with E-state index in [9.17, 15) is 14.7 Å². The number of hydrogen-bond acceptors (Lipinski definition) is 3. The van der Waals surface area contributed by atoms with Crippen LogP contribution in [0, 0.1) is 5.92 Å². The average molecular weight is 278 g/mol. The van der Waals surface area contributed by atoms with Gasteiger partial charge < -0.3 is 9.84 Å². The first-order chi connectivity index (χ1) is 9.20. The lowest BCUT2D eigenvalue weighted by atomic mass is 9.85. The second-order valence-corrected chi connectivity index (χ2v) is 5.93. The Morgan fingerprint density at radius 1 is 1.20 bits per heavy atom. The van der Waals surface area contributed by atoms with Crippen molar-refractivity contribution < 1.29 is 19.4 Å². The zero-order valence-electron chi connectivity index (χ0n) is 12.4. The average Bonchev–Trinajstić information content (AvgIpc) is 2.34. The highest BCUT2D eigenvalue weighted by Gasteiger charge is 2.30. The van der Waals surface area contributed by atoms with E-state index < -0.39 is 23.5 Å². The van der Waals surface area contributed by atoms with Crippen LogP contribution < -0.4 is 0 Å². The number of carbonyl (C=O) groups is 2. The Kier molecular flexibility index (Phi) is 5.31. The van der Waals surface area contributed by atoms with Crippen LogP contribution in [0.5, 0.6) is 0 Å². The van der Waals surface area contributed by atoms with E-state index in [4.69, 9.17) is 4.74 Å². The van der Waals surface area contributed by atoms with E-state index in [2.05, 4.69) is 0 Å². The van der Waals surface area contributed by atoms with Crippen molar-refractivity contribution in [2.45, 2.75) is 45.6 Å². The molecule has 110 valence electrons. The third-order valence-electron chi connectivity index (χ3n) is 3.05. The van der Waals surface area contributed by atoms with Gasteiger partial charge in [-0.15, -0.1) is 0 Å². The molecule has 2 unspecified atom stereocenters. The van der Waals surface area contributed by atoms with Gasteiger partial charge in [-0.05, 0) is 32.3 Å². The zero-order chi connectivity index (χ0) is 15.3. The molecule has 1 aromatic carbocycles. The monoisotopic (exact) mass is 278 g/mol. The first-order valence-corrected chi connectivity index (χ1v) is 6.70. The highest BCUT2D eigenvalue weighted by atomic mass is 16.6. The highest BCUT2D eigenvalue weighted by Crippen LogP contribution is 2.28. The summed E-state index contributed by atoms with van der Waals surface area (Å²) in [5, 5.41) is 9.34. The summed E-state index contributed by atoms with van der Waals surface area (Å²) in [7, 11) is 0. The molecule has 0 fully saturated rings. The number of carboxylic acids is 1. The Bertz CT molecular complexity index is 459. The molecule has 0 aliphatic carbocycles. The normalized spacial score (nSPS) is 14.4. The molecule has 0 aromatic heterocycles. The minimum Gasteiger partial charge on any atom is -0.481 e. The summed E-state index contributed by atoms with van der Waals surface area (Å²) in [6.07, 6.45) is -0.122. The maximum Gasteiger partial charge on any atom is 0.307 e. The van der Waals surface area contributed by atoms with Crippen molar-refractivity contribution in [2.24, 2.45) is 5.92 Å². The fourth-order valence-electron chi connectivity index (χ4n) is 2.03. The molecule has 0 bridgehead atoms. The summed E-state index contributed by atoms with van der Waals surface area (Å²) in [6.45, 7) is 7.11. The molecule has 0 saturated heterocycles. The fourth-order valence-corrected chi connectivity index (χ4v) is 2.03. The molecular formula is C16H22O4. The predicted molar refractivity (Wildman–Crippen MR) is 76.4 cm³/mol. The van der Waals surface area contributed by atoms with E-state index in [0.717, 1.165) is 5.56 Å². The second kappa shape index (κ2) is 6.55. The first kappa shape index (κ1) is 16.2. The Morgan fingerprint density at radius 3 is 2.20 bits per heavy atom. The minimum atomic E-state index is -0.979. The molecule has 1 rings (SSSR count). The van der Waals surface area contributed by atoms with Gasteiger partial charge in [0, 0.05) is 0 Å². The Labute approximate surface area is 119 Å². The first-order valence-electron chi connectivity index (χ1n) is 6.70. The van der Waals surface area contributed by atoms with Crippen LogP contribution in [0.4, 0.5) is 0 Å². The van der Waals surface area contributed by atoms with E-state index in [1.807, 2.05) is 37.3 Å². The van der Waals surface area contributed by atoms with Gasteiger partial charge in [-0.1, -0.05) is 37.3 Å². The number of benzene rings is 1. The quantitative estimate of drug-likeness (QED) is 0.840. The third-order valence-corrected chi connectivity index (χ3v) is 3.05. The van der Waals surface area contributed by atoms with Crippen LogP contribution in [-0.4, -0.2) is 22.6 Å². The molecule has 0 heterocycles. The second-order valence-electron chi connectivity index (χ2n) is 5.93. The highest BCUT2D eigenvalue weighted by molar-refractivity contribution is 5.79. The van der Waals surface area contributed by atoms with Gasteiger partial charge >= 0.3 is 11.9 Å². The number of hydrogen-bond donors (Lipinski definition) is 1. The van der Waals surface area contributed by atoms with Crippen LogP contribution in [0.2, 0.25) is 0 Å². The van der Waals surface area contributed by atoms with Crippen molar-refractivity contribution >= 4 is 11.9 Å². The summed E-state index contributed by atoms with van der Waals surface area (Å²) in [6, 6.07) is 9.34. The van der Waals surface area contributed by atoms with Crippen molar-refractivity contribution in [1.29, 1.82) is 0 Å². The van der Waals surface area contributed by atoms with E-state index in [0.29, 0.717) is 0 Å². The van der Waals surface area contributed by atoms with Crippen LogP contribution in [0.25, 0.3) is 0 Å².